The number of benzene rings is 1. The molecule has 35 heavy (non-hydrogen) atoms. The van der Waals surface area contributed by atoms with Gasteiger partial charge in [0.25, 0.3) is 0 Å². The van der Waals surface area contributed by atoms with Crippen LogP contribution in [0.1, 0.15) is 90.2 Å². The number of aliphatic hydroxyl groups excluding tert-OH is 1. The number of fused-ring (bicyclic) bond motifs is 4. The molecule has 5 rings (SSSR count). The minimum atomic E-state index is -1.40. The maximum atomic E-state index is 11.8. The molecule has 4 aliphatic carbocycles. The minimum Gasteiger partial charge on any atom is -0.411 e. The van der Waals surface area contributed by atoms with Crippen LogP contribution in [0.4, 0.5) is 0 Å². The van der Waals surface area contributed by atoms with Gasteiger partial charge in [-0.25, -0.2) is 0 Å². The lowest BCUT2D eigenvalue weighted by Gasteiger charge is -2.53. The lowest BCUT2D eigenvalue weighted by atomic mass is 9.51. The van der Waals surface area contributed by atoms with Crippen LogP contribution < -0.4 is 0 Å². The fraction of sp³-hybridized carbons (Fsp3) is 0.581. The van der Waals surface area contributed by atoms with Gasteiger partial charge in [-0.05, 0) is 91.0 Å². The van der Waals surface area contributed by atoms with Crippen molar-refractivity contribution in [2.45, 2.75) is 96.2 Å². The van der Waals surface area contributed by atoms with E-state index in [0.717, 1.165) is 37.8 Å². The largest absolute Gasteiger partial charge is 0.411 e. The molecule has 0 unspecified atom stereocenters. The van der Waals surface area contributed by atoms with Crippen molar-refractivity contribution < 1.29 is 15.4 Å². The molecule has 3 N–H and O–H groups in total. The number of nitrogens with zero attached hydrogens (tertiary/aromatic N) is 1. The van der Waals surface area contributed by atoms with Crippen molar-refractivity contribution in [2.24, 2.45) is 22.4 Å². The Morgan fingerprint density at radius 1 is 1.09 bits per heavy atom. The number of hydrogen-bond donors (Lipinski definition) is 3. The first-order valence-corrected chi connectivity index (χ1v) is 13.1. The third-order valence-electron chi connectivity index (χ3n) is 9.59. The van der Waals surface area contributed by atoms with Crippen molar-refractivity contribution in [3.8, 4) is 11.8 Å². The molecule has 0 spiro atoms. The van der Waals surface area contributed by atoms with Crippen molar-refractivity contribution in [3.05, 3.63) is 58.2 Å². The van der Waals surface area contributed by atoms with E-state index in [1.807, 2.05) is 0 Å². The van der Waals surface area contributed by atoms with E-state index in [0.29, 0.717) is 12.3 Å². The van der Waals surface area contributed by atoms with Crippen LogP contribution in [0.2, 0.25) is 0 Å². The Kier molecular flexibility index (Phi) is 5.81. The zero-order valence-electron chi connectivity index (χ0n) is 21.7. The fourth-order valence-electron chi connectivity index (χ4n) is 7.70. The summed E-state index contributed by atoms with van der Waals surface area (Å²) in [5.74, 6) is 6.65. The number of rotatable bonds is 1. The normalized spacial score (nSPS) is 37.7. The first-order chi connectivity index (χ1) is 16.5. The monoisotopic (exact) mass is 473 g/mol. The average Bonchev–Trinajstić information content (AvgIpc) is 3.03. The van der Waals surface area contributed by atoms with E-state index >= 15 is 0 Å². The molecule has 0 amide bonds. The zero-order valence-corrected chi connectivity index (χ0v) is 21.7. The third kappa shape index (κ3) is 3.62. The topological polar surface area (TPSA) is 73.0 Å². The molecule has 2 fully saturated rings. The first-order valence-electron chi connectivity index (χ1n) is 13.1. The minimum absolute atomic E-state index is 0.0866. The fourth-order valence-corrected chi connectivity index (χ4v) is 7.70. The summed E-state index contributed by atoms with van der Waals surface area (Å²) < 4.78 is 0. The van der Waals surface area contributed by atoms with Crippen LogP contribution in [0.25, 0.3) is 0 Å². The van der Waals surface area contributed by atoms with Gasteiger partial charge in [0.2, 0.25) is 0 Å². The second kappa shape index (κ2) is 8.36. The van der Waals surface area contributed by atoms with Gasteiger partial charge in [-0.15, -0.1) is 5.92 Å². The molecule has 0 bridgehead atoms. The van der Waals surface area contributed by atoms with Gasteiger partial charge in [-0.3, -0.25) is 0 Å². The summed E-state index contributed by atoms with van der Waals surface area (Å²) in [4.78, 5) is 0. The Morgan fingerprint density at radius 2 is 1.80 bits per heavy atom. The van der Waals surface area contributed by atoms with E-state index in [4.69, 9.17) is 0 Å². The highest BCUT2D eigenvalue weighted by molar-refractivity contribution is 5.97. The molecule has 1 aromatic carbocycles. The molecule has 6 atom stereocenters. The molecule has 4 nitrogen and oxygen atoms in total. The van der Waals surface area contributed by atoms with Crippen molar-refractivity contribution in [1.82, 2.24) is 0 Å². The van der Waals surface area contributed by atoms with Crippen LogP contribution in [-0.2, 0) is 5.41 Å². The Hall–Kier alpha value is -2.35. The van der Waals surface area contributed by atoms with Crippen LogP contribution in [-0.4, -0.2) is 32.8 Å². The highest BCUT2D eigenvalue weighted by Gasteiger charge is 2.66. The van der Waals surface area contributed by atoms with Gasteiger partial charge in [-0.1, -0.05) is 68.6 Å². The maximum absolute atomic E-state index is 11.8. The molecule has 186 valence electrons. The van der Waals surface area contributed by atoms with E-state index in [-0.39, 0.29) is 17.3 Å². The van der Waals surface area contributed by atoms with Gasteiger partial charge >= 0.3 is 0 Å². The molecule has 0 aromatic heterocycles. The van der Waals surface area contributed by atoms with Crippen LogP contribution in [0, 0.1) is 29.1 Å². The van der Waals surface area contributed by atoms with Gasteiger partial charge in [0.1, 0.15) is 0 Å². The molecule has 0 radical (unpaired) electrons. The van der Waals surface area contributed by atoms with Crippen molar-refractivity contribution >= 4 is 5.71 Å². The van der Waals surface area contributed by atoms with E-state index in [9.17, 15) is 15.4 Å². The van der Waals surface area contributed by atoms with Crippen LogP contribution in [0.5, 0.6) is 0 Å². The zero-order chi connectivity index (χ0) is 25.2. The number of aliphatic hydroxyl groups is 2. The van der Waals surface area contributed by atoms with E-state index < -0.39 is 17.1 Å². The summed E-state index contributed by atoms with van der Waals surface area (Å²) in [7, 11) is 0. The molecule has 1 aromatic rings. The van der Waals surface area contributed by atoms with Crippen LogP contribution >= 0.6 is 0 Å². The average molecular weight is 474 g/mol. The summed E-state index contributed by atoms with van der Waals surface area (Å²) in [5, 5.41) is 35.8. The van der Waals surface area contributed by atoms with E-state index in [2.05, 4.69) is 75.0 Å². The molecule has 0 saturated heterocycles. The van der Waals surface area contributed by atoms with Crippen molar-refractivity contribution in [3.63, 3.8) is 0 Å². The highest BCUT2D eigenvalue weighted by Crippen LogP contribution is 2.66. The lowest BCUT2D eigenvalue weighted by molar-refractivity contribution is -0.0942. The summed E-state index contributed by atoms with van der Waals surface area (Å²) in [6, 6.07) is 9.05. The second-order valence-electron chi connectivity index (χ2n) is 12.4. The van der Waals surface area contributed by atoms with Crippen molar-refractivity contribution in [1.29, 1.82) is 0 Å². The molecule has 0 aliphatic heterocycles. The van der Waals surface area contributed by atoms with Crippen LogP contribution in [0.3, 0.4) is 0 Å². The number of allylic oxidation sites excluding steroid dienone is 4. The molecule has 2 saturated carbocycles. The van der Waals surface area contributed by atoms with E-state index in [1.165, 1.54) is 27.8 Å². The Morgan fingerprint density at radius 3 is 2.43 bits per heavy atom. The molecule has 0 heterocycles. The molecular formula is C31H39NO3. The number of hydrogen-bond acceptors (Lipinski definition) is 4. The van der Waals surface area contributed by atoms with Gasteiger partial charge < -0.3 is 15.4 Å². The van der Waals surface area contributed by atoms with Gasteiger partial charge in [0, 0.05) is 11.3 Å². The van der Waals surface area contributed by atoms with E-state index in [1.54, 1.807) is 6.92 Å². The van der Waals surface area contributed by atoms with Crippen LogP contribution in [0.15, 0.2) is 52.2 Å². The lowest BCUT2D eigenvalue weighted by Crippen LogP contribution is -2.54. The summed E-state index contributed by atoms with van der Waals surface area (Å²) >= 11 is 0. The van der Waals surface area contributed by atoms with Gasteiger partial charge in [-0.2, -0.15) is 0 Å². The molecular weight excluding hydrogens is 434 g/mol. The summed E-state index contributed by atoms with van der Waals surface area (Å²) in [6.45, 7) is 10.6. The first kappa shape index (κ1) is 24.3. The number of oxime groups is 1. The quantitative estimate of drug-likeness (QED) is 0.271. The predicted octanol–water partition coefficient (Wildman–Crippen LogP) is 5.87. The van der Waals surface area contributed by atoms with Gasteiger partial charge in [0.15, 0.2) is 5.60 Å². The van der Waals surface area contributed by atoms with Crippen molar-refractivity contribution in [2.75, 3.05) is 0 Å². The molecule has 4 aliphatic rings. The second-order valence-corrected chi connectivity index (χ2v) is 12.4. The standard InChI is InChI=1S/C31H39NO3/c1-6-15-31(34)27(33)17-26-24-13-9-20-16-22(32-35)12-14-23(20)28(24)25(18-30(26,31)5)19-7-10-21(11-8-19)29(2,3)4/h7-8,10-11,16,24-27,33-35H,9,12-14,17-18H2,1-5H3/b32-22+/t24-,25+,26-,27+,30-,31-/m0/s1. The summed E-state index contributed by atoms with van der Waals surface area (Å²) in [5.41, 5.74) is 5.77. The predicted molar refractivity (Wildman–Crippen MR) is 139 cm³/mol. The Labute approximate surface area is 209 Å². The summed E-state index contributed by atoms with van der Waals surface area (Å²) in [6.07, 6.45) is 6.16. The van der Waals surface area contributed by atoms with Gasteiger partial charge in [0.05, 0.1) is 11.8 Å². The Balaban J connectivity index is 1.68. The maximum Gasteiger partial charge on any atom is 0.156 e. The molecule has 4 heteroatoms. The smallest absolute Gasteiger partial charge is 0.156 e. The SMILES string of the molecule is CC#C[C@]1(O)[C@H](O)C[C@H]2[C@@H]3CCC4=C/C(=N/O)CCC4=C3[C@@H](c3ccc(C(C)(C)C)cc3)C[C@@]21C. The highest BCUT2D eigenvalue weighted by atomic mass is 16.4. The Bertz CT molecular complexity index is 1170. The third-order valence-corrected chi connectivity index (χ3v) is 9.59.